The van der Waals surface area contributed by atoms with Crippen molar-refractivity contribution in [2.45, 2.75) is 31.0 Å². The van der Waals surface area contributed by atoms with E-state index in [1.165, 1.54) is 18.7 Å². The van der Waals surface area contributed by atoms with E-state index in [4.69, 9.17) is 33.0 Å². The van der Waals surface area contributed by atoms with Gasteiger partial charge < -0.3 is 31.8 Å². The number of anilines is 2. The van der Waals surface area contributed by atoms with Gasteiger partial charge in [0.2, 0.25) is 6.10 Å². The number of nitrogen functional groups attached to an aromatic ring is 2. The number of thioether (sulfide) groups is 1. The number of halogens is 1. The molecular weight excluding hydrogens is 614 g/mol. The van der Waals surface area contributed by atoms with Gasteiger partial charge in [0.15, 0.2) is 10.8 Å². The number of nitrogens with zero attached hydrogens (tertiary/aromatic N) is 6. The molecule has 5 heterocycles. The Kier molecular flexibility index (Phi) is 7.69. The van der Waals surface area contributed by atoms with Gasteiger partial charge in [0.1, 0.15) is 39.2 Å². The highest BCUT2D eigenvalue weighted by atomic mass is 35.5. The number of amides is 2. The quantitative estimate of drug-likeness (QED) is 0.0887. The van der Waals surface area contributed by atoms with E-state index in [2.05, 4.69) is 20.4 Å². The molecule has 220 valence electrons. The topological polar surface area (TPSA) is 232 Å². The van der Waals surface area contributed by atoms with Crippen LogP contribution in [0.25, 0.3) is 11.2 Å². The standard InChI is InChI=1S/C23H22ClN9O7S2/c1-8(20(36)37)40-30-12(11-15(24)42-23(26)28-11)17(34)27-13-18(35)33-14(21(38)39)9(7-41-19(13)33)6-32-5-3-4-10-16(32)29-22(25)31(10)2/h3-5,8,13,19,25H,6-7H2,1-2H3,(H5,26,27,28,34,36,37,38,39)/p+1/b30-12-/t8-,13+,19?/m0/s1. The molecule has 3 aromatic heterocycles. The van der Waals surface area contributed by atoms with Crippen LogP contribution in [-0.2, 0) is 37.6 Å². The number of aryl methyl sites for hydroxylation is 1. The number of β-lactam (4-membered cyclic amide) rings is 1. The molecule has 3 atom stereocenters. The molecule has 5 rings (SSSR count). The van der Waals surface area contributed by atoms with Crippen molar-refractivity contribution in [1.82, 2.24) is 24.8 Å². The number of aliphatic carboxylic acids is 2. The molecular formula is C23H23ClN9O7S2+. The SMILES string of the molecule is C[C@H](O/N=C(\C(=O)N[C@@H]1C(=O)N2C(C(=O)O)=C(C[n+]3cccc4c3nc(N)n4C)CSC12)c1nc(N)sc1Cl)C(=O)O. The number of fused-ring (bicyclic) bond motifs is 2. The molecule has 1 unspecified atom stereocenters. The highest BCUT2D eigenvalue weighted by Gasteiger charge is 2.54. The number of nitrogens with two attached hydrogens (primary N) is 2. The lowest BCUT2D eigenvalue weighted by Crippen LogP contribution is -2.71. The van der Waals surface area contributed by atoms with Crippen molar-refractivity contribution in [3.8, 4) is 0 Å². The zero-order valence-electron chi connectivity index (χ0n) is 21.8. The summed E-state index contributed by atoms with van der Waals surface area (Å²) in [5, 5.41) is 24.6. The predicted octanol–water partition coefficient (Wildman–Crippen LogP) is -0.232. The Morgan fingerprint density at radius 1 is 1.33 bits per heavy atom. The molecule has 0 spiro atoms. The summed E-state index contributed by atoms with van der Waals surface area (Å²) in [6.45, 7) is 1.33. The third-order valence-electron chi connectivity index (χ3n) is 6.54. The number of imidazole rings is 1. The van der Waals surface area contributed by atoms with E-state index in [-0.39, 0.29) is 33.2 Å². The van der Waals surface area contributed by atoms with E-state index in [9.17, 15) is 24.3 Å². The summed E-state index contributed by atoms with van der Waals surface area (Å²) >= 11 is 8.26. The smallest absolute Gasteiger partial charge is 0.352 e. The Morgan fingerprint density at radius 3 is 2.71 bits per heavy atom. The summed E-state index contributed by atoms with van der Waals surface area (Å²) in [5.74, 6) is -3.72. The number of oxime groups is 1. The Hall–Kier alpha value is -4.42. The summed E-state index contributed by atoms with van der Waals surface area (Å²) in [4.78, 5) is 64.4. The number of hydrogen-bond acceptors (Lipinski definition) is 12. The molecule has 42 heavy (non-hydrogen) atoms. The van der Waals surface area contributed by atoms with E-state index in [0.717, 1.165) is 21.8 Å². The molecule has 0 bridgehead atoms. The molecule has 0 saturated carbocycles. The first-order valence-electron chi connectivity index (χ1n) is 12.1. The van der Waals surface area contributed by atoms with Crippen LogP contribution in [0.1, 0.15) is 12.6 Å². The minimum absolute atomic E-state index is 0.00972. The van der Waals surface area contributed by atoms with Gasteiger partial charge in [-0.05, 0) is 24.0 Å². The van der Waals surface area contributed by atoms with Crippen molar-refractivity contribution >= 4 is 86.4 Å². The second-order valence-corrected chi connectivity index (χ2v) is 11.9. The number of aromatic nitrogens is 4. The highest BCUT2D eigenvalue weighted by molar-refractivity contribution is 8.00. The number of nitrogens with one attached hydrogen (secondary N) is 1. The molecule has 1 saturated heterocycles. The van der Waals surface area contributed by atoms with Crippen LogP contribution in [0.4, 0.5) is 11.1 Å². The lowest BCUT2D eigenvalue weighted by Gasteiger charge is -2.49. The normalized spacial score (nSPS) is 19.4. The average Bonchev–Trinajstić information content (AvgIpc) is 3.43. The fraction of sp³-hybridized carbons (Fsp3) is 0.304. The number of carboxylic acid groups (broad SMARTS) is 2. The average molecular weight is 637 g/mol. The van der Waals surface area contributed by atoms with Crippen LogP contribution in [0.2, 0.25) is 4.34 Å². The first kappa shape index (κ1) is 29.1. The Balaban J connectivity index is 1.40. The molecule has 3 aromatic rings. The van der Waals surface area contributed by atoms with Crippen LogP contribution in [0.3, 0.4) is 0 Å². The molecule has 1 fully saturated rings. The molecule has 7 N–H and O–H groups in total. The van der Waals surface area contributed by atoms with Crippen LogP contribution in [0.5, 0.6) is 0 Å². The maximum atomic E-state index is 13.3. The lowest BCUT2D eigenvalue weighted by molar-refractivity contribution is -0.664. The van der Waals surface area contributed by atoms with E-state index >= 15 is 0 Å². The van der Waals surface area contributed by atoms with E-state index < -0.39 is 47.0 Å². The molecule has 16 nitrogen and oxygen atoms in total. The molecule has 2 amide bonds. The van der Waals surface area contributed by atoms with Crippen LogP contribution < -0.4 is 21.4 Å². The minimum Gasteiger partial charge on any atom is -0.478 e. The zero-order valence-corrected chi connectivity index (χ0v) is 24.2. The van der Waals surface area contributed by atoms with Crippen LogP contribution >= 0.6 is 34.7 Å². The Morgan fingerprint density at radius 2 is 2.07 bits per heavy atom. The van der Waals surface area contributed by atoms with Crippen LogP contribution in [0.15, 0.2) is 34.8 Å². The van der Waals surface area contributed by atoms with Gasteiger partial charge in [-0.15, -0.1) is 11.8 Å². The third kappa shape index (κ3) is 5.07. The second-order valence-electron chi connectivity index (χ2n) is 9.19. The second kappa shape index (κ2) is 11.1. The summed E-state index contributed by atoms with van der Waals surface area (Å²) in [6.07, 6.45) is 0.328. The molecule has 2 aliphatic rings. The predicted molar refractivity (Wildman–Crippen MR) is 151 cm³/mol. The fourth-order valence-corrected chi connectivity index (χ4v) is 6.66. The minimum atomic E-state index is -1.41. The number of carboxylic acids is 2. The monoisotopic (exact) mass is 636 g/mol. The van der Waals surface area contributed by atoms with Crippen molar-refractivity contribution in [1.29, 1.82) is 0 Å². The van der Waals surface area contributed by atoms with Gasteiger partial charge >= 0.3 is 23.5 Å². The van der Waals surface area contributed by atoms with Crippen LogP contribution in [0, 0.1) is 0 Å². The number of hydrogen-bond donors (Lipinski definition) is 5. The maximum Gasteiger partial charge on any atom is 0.352 e. The fourth-order valence-electron chi connectivity index (χ4n) is 4.40. The van der Waals surface area contributed by atoms with Gasteiger partial charge in [-0.25, -0.2) is 19.1 Å². The number of carbonyl (C=O) groups is 4. The van der Waals surface area contributed by atoms with Gasteiger partial charge in [-0.3, -0.25) is 19.1 Å². The molecule has 0 radical (unpaired) electrons. The van der Waals surface area contributed by atoms with Gasteiger partial charge in [-0.2, -0.15) is 0 Å². The maximum absolute atomic E-state index is 13.3. The van der Waals surface area contributed by atoms with E-state index in [0.29, 0.717) is 17.2 Å². The van der Waals surface area contributed by atoms with Gasteiger partial charge in [-0.1, -0.05) is 28.1 Å². The summed E-state index contributed by atoms with van der Waals surface area (Å²) in [5.41, 5.74) is 12.5. The van der Waals surface area contributed by atoms with Crippen molar-refractivity contribution in [2.75, 3.05) is 17.2 Å². The first-order valence-corrected chi connectivity index (χ1v) is 14.3. The van der Waals surface area contributed by atoms with Gasteiger partial charge in [0.25, 0.3) is 11.8 Å². The summed E-state index contributed by atoms with van der Waals surface area (Å²) in [6, 6.07) is 2.49. The summed E-state index contributed by atoms with van der Waals surface area (Å²) < 4.78 is 3.44. The molecule has 0 aliphatic carbocycles. The largest absolute Gasteiger partial charge is 0.478 e. The molecule has 2 aliphatic heterocycles. The number of carbonyl (C=O) groups excluding carboxylic acids is 2. The molecule has 0 aromatic carbocycles. The van der Waals surface area contributed by atoms with Gasteiger partial charge in [0.05, 0.1) is 6.20 Å². The van der Waals surface area contributed by atoms with E-state index in [1.54, 1.807) is 28.4 Å². The van der Waals surface area contributed by atoms with E-state index in [1.807, 2.05) is 6.07 Å². The number of pyridine rings is 1. The first-order chi connectivity index (χ1) is 19.9. The number of rotatable bonds is 9. The Labute approximate surface area is 249 Å². The molecule has 19 heteroatoms. The van der Waals surface area contributed by atoms with Crippen molar-refractivity contribution < 1.29 is 38.8 Å². The van der Waals surface area contributed by atoms with Gasteiger partial charge in [0, 0.05) is 18.4 Å². The Bertz CT molecular complexity index is 1720. The zero-order chi connectivity index (χ0) is 30.5. The lowest BCUT2D eigenvalue weighted by atomic mass is 10.0. The van der Waals surface area contributed by atoms with Crippen molar-refractivity contribution in [3.05, 3.63) is 39.6 Å². The van der Waals surface area contributed by atoms with Crippen molar-refractivity contribution in [2.24, 2.45) is 12.2 Å². The highest BCUT2D eigenvalue weighted by Crippen LogP contribution is 2.40. The third-order valence-corrected chi connectivity index (χ3v) is 8.96. The van der Waals surface area contributed by atoms with Crippen LogP contribution in [-0.4, -0.2) is 82.4 Å². The number of thiazole rings is 1. The van der Waals surface area contributed by atoms with Crippen molar-refractivity contribution in [3.63, 3.8) is 0 Å². The summed E-state index contributed by atoms with van der Waals surface area (Å²) in [7, 11) is 1.76.